The summed E-state index contributed by atoms with van der Waals surface area (Å²) in [5.41, 5.74) is 0.455. The number of carbonyl (C=O) groups is 2. The molecule has 0 saturated carbocycles. The number of hydrogen-bond donors (Lipinski definition) is 1. The van der Waals surface area contributed by atoms with E-state index in [-0.39, 0.29) is 5.91 Å². The largest absolute Gasteiger partial charge is 0.478 e. The number of nitrogens with zero attached hydrogens (tertiary/aromatic N) is 1. The van der Waals surface area contributed by atoms with Gasteiger partial charge in [0.05, 0.1) is 6.54 Å². The van der Waals surface area contributed by atoms with E-state index in [0.717, 1.165) is 16.5 Å². The van der Waals surface area contributed by atoms with Gasteiger partial charge in [0.15, 0.2) is 0 Å². The highest BCUT2D eigenvalue weighted by atomic mass is 32.1. The van der Waals surface area contributed by atoms with E-state index in [0.29, 0.717) is 6.54 Å². The Bertz CT molecular complexity index is 497. The molecule has 19 heavy (non-hydrogen) atoms. The summed E-state index contributed by atoms with van der Waals surface area (Å²) in [6, 6.07) is 1.90. The summed E-state index contributed by atoms with van der Waals surface area (Å²) in [7, 11) is 1.78. The number of carbonyl (C=O) groups excluding carboxylic acids is 1. The quantitative estimate of drug-likeness (QED) is 0.863. The first-order valence-corrected chi connectivity index (χ1v) is 6.82. The summed E-state index contributed by atoms with van der Waals surface area (Å²) in [5, 5.41) is 10.4. The standard InChI is InChI=1S/C14H19NO3S/c1-14(2,3)13(18)15(4)8-11-7-10(9-19-11)5-6-12(16)17/h5-7,9H,8H2,1-4H3,(H,16,17). The minimum absolute atomic E-state index is 0.0866. The predicted molar refractivity (Wildman–Crippen MR) is 76.9 cm³/mol. The lowest BCUT2D eigenvalue weighted by Crippen LogP contribution is -2.35. The van der Waals surface area contributed by atoms with Crippen molar-refractivity contribution in [3.8, 4) is 0 Å². The van der Waals surface area contributed by atoms with E-state index in [1.54, 1.807) is 18.0 Å². The molecule has 0 aliphatic carbocycles. The first-order chi connectivity index (χ1) is 8.70. The number of amides is 1. The summed E-state index contributed by atoms with van der Waals surface area (Å²) in [6.45, 7) is 6.21. The van der Waals surface area contributed by atoms with Gasteiger partial charge in [-0.2, -0.15) is 0 Å². The highest BCUT2D eigenvalue weighted by Crippen LogP contribution is 2.21. The van der Waals surface area contributed by atoms with E-state index in [1.165, 1.54) is 11.3 Å². The van der Waals surface area contributed by atoms with Crippen LogP contribution in [0.3, 0.4) is 0 Å². The average molecular weight is 281 g/mol. The molecule has 0 aliphatic heterocycles. The van der Waals surface area contributed by atoms with Gasteiger partial charge in [-0.1, -0.05) is 20.8 Å². The van der Waals surface area contributed by atoms with Crippen LogP contribution >= 0.6 is 11.3 Å². The summed E-state index contributed by atoms with van der Waals surface area (Å²) in [5.74, 6) is -0.878. The van der Waals surface area contributed by atoms with E-state index in [4.69, 9.17) is 5.11 Å². The van der Waals surface area contributed by atoms with E-state index in [9.17, 15) is 9.59 Å². The Hall–Kier alpha value is -1.62. The van der Waals surface area contributed by atoms with E-state index in [2.05, 4.69) is 0 Å². The van der Waals surface area contributed by atoms with Crippen LogP contribution in [-0.4, -0.2) is 28.9 Å². The summed E-state index contributed by atoms with van der Waals surface area (Å²) < 4.78 is 0. The Morgan fingerprint density at radius 2 is 2.05 bits per heavy atom. The fourth-order valence-electron chi connectivity index (χ4n) is 1.61. The van der Waals surface area contributed by atoms with Crippen molar-refractivity contribution < 1.29 is 14.7 Å². The monoisotopic (exact) mass is 281 g/mol. The normalized spacial score (nSPS) is 11.8. The van der Waals surface area contributed by atoms with Crippen LogP contribution in [-0.2, 0) is 16.1 Å². The molecule has 0 spiro atoms. The van der Waals surface area contributed by atoms with Crippen molar-refractivity contribution in [1.82, 2.24) is 4.90 Å². The molecule has 1 amide bonds. The average Bonchev–Trinajstić information content (AvgIpc) is 2.71. The third-order valence-electron chi connectivity index (χ3n) is 2.47. The predicted octanol–water partition coefficient (Wildman–Crippen LogP) is 2.85. The molecule has 0 radical (unpaired) electrons. The summed E-state index contributed by atoms with van der Waals surface area (Å²) in [4.78, 5) is 25.2. The second-order valence-corrected chi connectivity index (χ2v) is 6.42. The van der Waals surface area contributed by atoms with Crippen molar-refractivity contribution >= 4 is 29.3 Å². The van der Waals surface area contributed by atoms with Gasteiger partial charge in [-0.15, -0.1) is 11.3 Å². The zero-order valence-corrected chi connectivity index (χ0v) is 12.5. The van der Waals surface area contributed by atoms with Gasteiger partial charge in [0, 0.05) is 23.4 Å². The molecule has 0 bridgehead atoms. The fourth-order valence-corrected chi connectivity index (χ4v) is 2.52. The lowest BCUT2D eigenvalue weighted by molar-refractivity contribution is -0.138. The third kappa shape index (κ3) is 4.87. The Labute approximate surface area is 117 Å². The van der Waals surface area contributed by atoms with Crippen molar-refractivity contribution in [1.29, 1.82) is 0 Å². The minimum atomic E-state index is -0.965. The lowest BCUT2D eigenvalue weighted by Gasteiger charge is -2.25. The number of aliphatic carboxylic acids is 1. The maximum absolute atomic E-state index is 12.0. The molecule has 0 aromatic carbocycles. The van der Waals surface area contributed by atoms with Crippen LogP contribution in [0.5, 0.6) is 0 Å². The minimum Gasteiger partial charge on any atom is -0.478 e. The number of carboxylic acid groups (broad SMARTS) is 1. The molecule has 0 fully saturated rings. The van der Waals surface area contributed by atoms with Gasteiger partial charge in [-0.25, -0.2) is 4.79 Å². The van der Waals surface area contributed by atoms with Crippen molar-refractivity contribution in [2.75, 3.05) is 7.05 Å². The van der Waals surface area contributed by atoms with Gasteiger partial charge in [-0.3, -0.25) is 4.79 Å². The van der Waals surface area contributed by atoms with Crippen LogP contribution in [0.25, 0.3) is 6.08 Å². The number of carboxylic acids is 1. The van der Waals surface area contributed by atoms with Crippen LogP contribution in [0.15, 0.2) is 17.5 Å². The maximum atomic E-state index is 12.0. The summed E-state index contributed by atoms with van der Waals surface area (Å²) in [6.07, 6.45) is 2.66. The zero-order valence-electron chi connectivity index (χ0n) is 11.6. The lowest BCUT2D eigenvalue weighted by atomic mass is 9.95. The van der Waals surface area contributed by atoms with E-state index < -0.39 is 11.4 Å². The van der Waals surface area contributed by atoms with Crippen molar-refractivity contribution in [2.45, 2.75) is 27.3 Å². The van der Waals surface area contributed by atoms with Crippen molar-refractivity contribution in [2.24, 2.45) is 5.41 Å². The Balaban J connectivity index is 2.69. The van der Waals surface area contributed by atoms with Crippen LogP contribution in [0, 0.1) is 5.41 Å². The first kappa shape index (κ1) is 15.4. The molecule has 0 saturated heterocycles. The Kier molecular flexibility index (Phi) is 4.89. The molecule has 0 aliphatic rings. The van der Waals surface area contributed by atoms with Crippen LogP contribution < -0.4 is 0 Å². The van der Waals surface area contributed by atoms with Crippen LogP contribution in [0.2, 0.25) is 0 Å². The van der Waals surface area contributed by atoms with Gasteiger partial charge >= 0.3 is 5.97 Å². The highest BCUT2D eigenvalue weighted by molar-refractivity contribution is 7.10. The molecular formula is C14H19NO3S. The van der Waals surface area contributed by atoms with Gasteiger partial charge in [0.1, 0.15) is 0 Å². The van der Waals surface area contributed by atoms with Gasteiger partial charge in [0.25, 0.3) is 0 Å². The fraction of sp³-hybridized carbons (Fsp3) is 0.429. The van der Waals surface area contributed by atoms with Crippen molar-refractivity contribution in [3.63, 3.8) is 0 Å². The zero-order chi connectivity index (χ0) is 14.6. The van der Waals surface area contributed by atoms with E-state index in [1.807, 2.05) is 32.2 Å². The summed E-state index contributed by atoms with van der Waals surface area (Å²) >= 11 is 1.52. The smallest absolute Gasteiger partial charge is 0.328 e. The maximum Gasteiger partial charge on any atom is 0.328 e. The molecular weight excluding hydrogens is 262 g/mol. The number of hydrogen-bond acceptors (Lipinski definition) is 3. The first-order valence-electron chi connectivity index (χ1n) is 5.94. The molecule has 1 aromatic heterocycles. The second kappa shape index (κ2) is 6.02. The van der Waals surface area contributed by atoms with Gasteiger partial charge in [0.2, 0.25) is 5.91 Å². The van der Waals surface area contributed by atoms with Crippen molar-refractivity contribution in [3.05, 3.63) is 28.0 Å². The number of rotatable bonds is 4. The third-order valence-corrected chi connectivity index (χ3v) is 3.41. The molecule has 0 unspecified atom stereocenters. The molecule has 1 aromatic rings. The van der Waals surface area contributed by atoms with Crippen LogP contribution in [0.1, 0.15) is 31.2 Å². The molecule has 104 valence electrons. The van der Waals surface area contributed by atoms with E-state index >= 15 is 0 Å². The number of thiophene rings is 1. The second-order valence-electron chi connectivity index (χ2n) is 5.43. The van der Waals surface area contributed by atoms with Crippen LogP contribution in [0.4, 0.5) is 0 Å². The van der Waals surface area contributed by atoms with Gasteiger partial charge in [-0.05, 0) is 23.1 Å². The molecule has 0 atom stereocenters. The molecule has 1 heterocycles. The Morgan fingerprint density at radius 1 is 1.42 bits per heavy atom. The van der Waals surface area contributed by atoms with Gasteiger partial charge < -0.3 is 10.0 Å². The Morgan fingerprint density at radius 3 is 2.58 bits per heavy atom. The molecule has 4 nitrogen and oxygen atoms in total. The molecule has 5 heteroatoms. The molecule has 1 rings (SSSR count). The molecule has 1 N–H and O–H groups in total. The SMILES string of the molecule is CN(Cc1cc(C=CC(=O)O)cs1)C(=O)C(C)(C)C. The highest BCUT2D eigenvalue weighted by Gasteiger charge is 2.25. The topological polar surface area (TPSA) is 57.6 Å².